The van der Waals surface area contributed by atoms with Gasteiger partial charge in [-0.3, -0.25) is 0 Å². The molecule has 1 aromatic carbocycles. The van der Waals surface area contributed by atoms with Gasteiger partial charge in [-0.05, 0) is 52.0 Å². The number of aryl methyl sites for hydroxylation is 4. The molecule has 6 nitrogen and oxygen atoms in total. The standard InChI is InChI=1S/C17H20N4O2/c1-10-8-12(3)20(18-10)16-14(22)6-7-15(23-5)17(16)21-13(4)9-11(2)19-21/h6-9,22H,1-5H3. The molecule has 2 aromatic heterocycles. The maximum absolute atomic E-state index is 10.5. The third-order valence-corrected chi connectivity index (χ3v) is 3.76. The number of ether oxygens (including phenoxy) is 1. The normalized spacial score (nSPS) is 11.0. The van der Waals surface area contributed by atoms with Crippen molar-refractivity contribution < 1.29 is 9.84 Å². The Hall–Kier alpha value is -2.76. The highest BCUT2D eigenvalue weighted by Gasteiger charge is 2.21. The molecule has 0 saturated carbocycles. The number of phenols is 1. The summed E-state index contributed by atoms with van der Waals surface area (Å²) in [4.78, 5) is 0. The molecule has 1 N–H and O–H groups in total. The number of aromatic hydroxyl groups is 1. The molecule has 0 aliphatic rings. The number of aromatic nitrogens is 4. The Morgan fingerprint density at radius 1 is 0.870 bits per heavy atom. The van der Waals surface area contributed by atoms with Crippen LogP contribution in [-0.2, 0) is 0 Å². The quantitative estimate of drug-likeness (QED) is 0.807. The van der Waals surface area contributed by atoms with Gasteiger partial charge in [0.15, 0.2) is 0 Å². The van der Waals surface area contributed by atoms with Gasteiger partial charge in [0.2, 0.25) is 0 Å². The molecule has 6 heteroatoms. The molecule has 0 unspecified atom stereocenters. The molecule has 2 heterocycles. The van der Waals surface area contributed by atoms with E-state index in [1.54, 1.807) is 28.6 Å². The van der Waals surface area contributed by atoms with E-state index in [2.05, 4.69) is 10.2 Å². The first-order valence-electron chi connectivity index (χ1n) is 7.39. The van der Waals surface area contributed by atoms with Crippen LogP contribution in [-0.4, -0.2) is 31.8 Å². The lowest BCUT2D eigenvalue weighted by Crippen LogP contribution is -2.10. The zero-order valence-corrected chi connectivity index (χ0v) is 14.0. The van der Waals surface area contributed by atoms with Crippen molar-refractivity contribution in [3.8, 4) is 22.9 Å². The molecule has 3 aromatic rings. The molecule has 0 amide bonds. The van der Waals surface area contributed by atoms with Crippen molar-refractivity contribution in [1.29, 1.82) is 0 Å². The molecule has 0 saturated heterocycles. The van der Waals surface area contributed by atoms with E-state index in [0.29, 0.717) is 17.1 Å². The number of methoxy groups -OCH3 is 1. The highest BCUT2D eigenvalue weighted by molar-refractivity contribution is 5.67. The molecule has 3 rings (SSSR count). The molecule has 0 fully saturated rings. The summed E-state index contributed by atoms with van der Waals surface area (Å²) in [6.45, 7) is 7.77. The third kappa shape index (κ3) is 2.46. The number of hydrogen-bond donors (Lipinski definition) is 1. The molecule has 23 heavy (non-hydrogen) atoms. The van der Waals surface area contributed by atoms with E-state index in [1.807, 2.05) is 39.8 Å². The SMILES string of the molecule is COc1ccc(O)c(-n2nc(C)cc2C)c1-n1nc(C)cc1C. The second-order valence-electron chi connectivity index (χ2n) is 5.66. The molecule has 0 radical (unpaired) electrons. The number of phenolic OH excluding ortho intramolecular Hbond substituents is 1. The zero-order chi connectivity index (χ0) is 16.7. The van der Waals surface area contributed by atoms with Crippen LogP contribution in [0, 0.1) is 27.7 Å². The van der Waals surface area contributed by atoms with Crippen LogP contribution in [0.2, 0.25) is 0 Å². The van der Waals surface area contributed by atoms with Crippen LogP contribution in [0.5, 0.6) is 11.5 Å². The Kier molecular flexibility index (Phi) is 3.60. The summed E-state index contributed by atoms with van der Waals surface area (Å²) in [7, 11) is 1.60. The third-order valence-electron chi connectivity index (χ3n) is 3.76. The number of nitrogens with zero attached hydrogens (tertiary/aromatic N) is 4. The Bertz CT molecular complexity index is 877. The van der Waals surface area contributed by atoms with Gasteiger partial charge in [-0.2, -0.15) is 10.2 Å². The van der Waals surface area contributed by atoms with Gasteiger partial charge in [-0.15, -0.1) is 0 Å². The fourth-order valence-corrected chi connectivity index (χ4v) is 2.84. The molecule has 0 atom stereocenters. The van der Waals surface area contributed by atoms with E-state index in [1.165, 1.54) is 0 Å². The van der Waals surface area contributed by atoms with E-state index >= 15 is 0 Å². The first-order valence-corrected chi connectivity index (χ1v) is 7.39. The smallest absolute Gasteiger partial charge is 0.147 e. The summed E-state index contributed by atoms with van der Waals surface area (Å²) in [6.07, 6.45) is 0. The topological polar surface area (TPSA) is 65.1 Å². The summed E-state index contributed by atoms with van der Waals surface area (Å²) < 4.78 is 9.01. The molecule has 0 aliphatic heterocycles. The number of rotatable bonds is 3. The molecule has 0 spiro atoms. The van der Waals surface area contributed by atoms with Crippen molar-refractivity contribution >= 4 is 0 Å². The average Bonchev–Trinajstić information content (AvgIpc) is 2.99. The van der Waals surface area contributed by atoms with Crippen molar-refractivity contribution in [2.24, 2.45) is 0 Å². The highest BCUT2D eigenvalue weighted by Crippen LogP contribution is 2.37. The van der Waals surface area contributed by atoms with Crippen molar-refractivity contribution in [2.45, 2.75) is 27.7 Å². The van der Waals surface area contributed by atoms with Gasteiger partial charge in [-0.25, -0.2) is 9.36 Å². The molecular weight excluding hydrogens is 292 g/mol. The van der Waals surface area contributed by atoms with E-state index in [4.69, 9.17) is 4.74 Å². The van der Waals surface area contributed by atoms with Crippen molar-refractivity contribution in [1.82, 2.24) is 19.6 Å². The molecular formula is C17H20N4O2. The maximum atomic E-state index is 10.5. The number of hydrogen-bond acceptors (Lipinski definition) is 4. The highest BCUT2D eigenvalue weighted by atomic mass is 16.5. The van der Waals surface area contributed by atoms with Crippen LogP contribution in [0.25, 0.3) is 11.4 Å². The average molecular weight is 312 g/mol. The lowest BCUT2D eigenvalue weighted by molar-refractivity contribution is 0.407. The second kappa shape index (κ2) is 5.46. The summed E-state index contributed by atoms with van der Waals surface area (Å²) in [5.41, 5.74) is 4.88. The van der Waals surface area contributed by atoms with Crippen molar-refractivity contribution in [3.63, 3.8) is 0 Å². The summed E-state index contributed by atoms with van der Waals surface area (Å²) in [5, 5.41) is 19.5. The number of benzene rings is 1. The van der Waals surface area contributed by atoms with Gasteiger partial charge in [-0.1, -0.05) is 0 Å². The van der Waals surface area contributed by atoms with Crippen LogP contribution in [0.4, 0.5) is 0 Å². The van der Waals surface area contributed by atoms with Crippen LogP contribution in [0.1, 0.15) is 22.8 Å². The van der Waals surface area contributed by atoms with Gasteiger partial charge >= 0.3 is 0 Å². The Labute approximate surface area is 134 Å². The summed E-state index contributed by atoms with van der Waals surface area (Å²) >= 11 is 0. The lowest BCUT2D eigenvalue weighted by atomic mass is 10.2. The minimum atomic E-state index is 0.125. The first-order chi connectivity index (χ1) is 10.9. The predicted molar refractivity (Wildman–Crippen MR) is 87.9 cm³/mol. The van der Waals surface area contributed by atoms with Gasteiger partial charge < -0.3 is 9.84 Å². The molecule has 0 aliphatic carbocycles. The van der Waals surface area contributed by atoms with E-state index in [0.717, 1.165) is 22.8 Å². The van der Waals surface area contributed by atoms with E-state index in [-0.39, 0.29) is 5.75 Å². The molecule has 120 valence electrons. The van der Waals surface area contributed by atoms with Gasteiger partial charge in [0, 0.05) is 11.4 Å². The van der Waals surface area contributed by atoms with Crippen molar-refractivity contribution in [2.75, 3.05) is 7.11 Å². The first kappa shape index (κ1) is 15.1. The van der Waals surface area contributed by atoms with Crippen LogP contribution < -0.4 is 4.74 Å². The van der Waals surface area contributed by atoms with Crippen LogP contribution in [0.15, 0.2) is 24.3 Å². The summed E-state index contributed by atoms with van der Waals surface area (Å²) in [5.74, 6) is 0.746. The minimum absolute atomic E-state index is 0.125. The largest absolute Gasteiger partial charge is 0.506 e. The minimum Gasteiger partial charge on any atom is -0.506 e. The Balaban J connectivity index is 2.39. The van der Waals surface area contributed by atoms with Gasteiger partial charge in [0.25, 0.3) is 0 Å². The fourth-order valence-electron chi connectivity index (χ4n) is 2.84. The fraction of sp³-hybridized carbons (Fsp3) is 0.294. The van der Waals surface area contributed by atoms with E-state index < -0.39 is 0 Å². The second-order valence-corrected chi connectivity index (χ2v) is 5.66. The monoisotopic (exact) mass is 312 g/mol. The Morgan fingerprint density at radius 2 is 1.39 bits per heavy atom. The Morgan fingerprint density at radius 3 is 1.83 bits per heavy atom. The maximum Gasteiger partial charge on any atom is 0.147 e. The van der Waals surface area contributed by atoms with Crippen LogP contribution in [0.3, 0.4) is 0 Å². The van der Waals surface area contributed by atoms with Crippen molar-refractivity contribution in [3.05, 3.63) is 47.0 Å². The predicted octanol–water partition coefficient (Wildman–Crippen LogP) is 3.01. The zero-order valence-electron chi connectivity index (χ0n) is 14.0. The van der Waals surface area contributed by atoms with Crippen LogP contribution >= 0.6 is 0 Å². The summed E-state index contributed by atoms with van der Waals surface area (Å²) in [6, 6.07) is 7.29. The lowest BCUT2D eigenvalue weighted by Gasteiger charge is -2.17. The van der Waals surface area contributed by atoms with Gasteiger partial charge in [0.05, 0.1) is 18.5 Å². The molecule has 0 bridgehead atoms. The van der Waals surface area contributed by atoms with Gasteiger partial charge in [0.1, 0.15) is 22.9 Å². The van der Waals surface area contributed by atoms with E-state index in [9.17, 15) is 5.11 Å².